The molecule has 2 aromatic rings. The monoisotopic (exact) mass is 488 g/mol. The zero-order valence-electron chi connectivity index (χ0n) is 12.6. The largest absolute Gasteiger partial charge is 0.478 e. The molecule has 0 amide bonds. The van der Waals surface area contributed by atoms with Crippen molar-refractivity contribution in [1.82, 2.24) is 0 Å². The third-order valence-corrected chi connectivity index (χ3v) is 4.27. The molecule has 10 heteroatoms. The summed E-state index contributed by atoms with van der Waals surface area (Å²) in [4.78, 5) is 42.1. The number of carbonyl (C=O) groups is 4. The second-order valence-corrected chi connectivity index (χ2v) is 6.32. The van der Waals surface area contributed by atoms with Crippen LogP contribution in [-0.2, 0) is 0 Å². The van der Waals surface area contributed by atoms with Crippen LogP contribution < -0.4 is 0 Å². The van der Waals surface area contributed by atoms with E-state index >= 15 is 0 Å². The number of benzene rings is 2. The van der Waals surface area contributed by atoms with Gasteiger partial charge in [-0.15, -0.1) is 0 Å². The van der Waals surface area contributed by atoms with Gasteiger partial charge in [0.1, 0.15) is 0 Å². The molecule has 0 heterocycles. The fourth-order valence-corrected chi connectivity index (χ4v) is 2.48. The van der Waals surface area contributed by atoms with Gasteiger partial charge in [0, 0.05) is 8.95 Å². The highest BCUT2D eigenvalue weighted by Crippen LogP contribution is 2.19. The Labute approximate surface area is 163 Å². The number of hydrogen-bond acceptors (Lipinski definition) is 4. The Kier molecular flexibility index (Phi) is 7.47. The van der Waals surface area contributed by atoms with E-state index in [1.165, 1.54) is 24.3 Å². The van der Waals surface area contributed by atoms with Crippen LogP contribution in [0.4, 0.5) is 0 Å². The molecule has 2 rings (SSSR count). The third-order valence-electron chi connectivity index (χ3n) is 2.89. The summed E-state index contributed by atoms with van der Waals surface area (Å²) in [7, 11) is 0. The summed E-state index contributed by atoms with van der Waals surface area (Å²) in [5.74, 6) is -4.60. The first-order valence-corrected chi connectivity index (χ1v) is 8.15. The van der Waals surface area contributed by atoms with Crippen LogP contribution in [0.15, 0.2) is 45.3 Å². The summed E-state index contributed by atoms with van der Waals surface area (Å²) < 4.78 is 0.731. The summed E-state index contributed by atoms with van der Waals surface area (Å²) >= 11 is 6.01. The molecule has 0 aliphatic carbocycles. The molecule has 0 aliphatic rings. The van der Waals surface area contributed by atoms with E-state index in [9.17, 15) is 19.2 Å². The zero-order valence-corrected chi connectivity index (χ0v) is 15.8. The Morgan fingerprint density at radius 3 is 1.12 bits per heavy atom. The average Bonchev–Trinajstić information content (AvgIpc) is 2.55. The highest BCUT2D eigenvalue weighted by molar-refractivity contribution is 9.10. The Morgan fingerprint density at radius 2 is 0.885 bits per heavy atom. The minimum atomic E-state index is -1.16. The molecule has 136 valence electrons. The van der Waals surface area contributed by atoms with Gasteiger partial charge in [0.05, 0.1) is 22.3 Å². The highest BCUT2D eigenvalue weighted by atomic mass is 79.9. The van der Waals surface area contributed by atoms with Crippen LogP contribution in [0.3, 0.4) is 0 Å². The third kappa shape index (κ3) is 5.67. The molecule has 0 saturated carbocycles. The summed E-state index contributed by atoms with van der Waals surface area (Å²) in [5.41, 5.74) is -0.194. The maximum absolute atomic E-state index is 10.6. The Morgan fingerprint density at radius 1 is 0.577 bits per heavy atom. The molecule has 0 spiro atoms. The molecule has 0 bridgehead atoms. The van der Waals surface area contributed by atoms with Gasteiger partial charge >= 0.3 is 23.9 Å². The van der Waals surface area contributed by atoms with E-state index in [0.29, 0.717) is 8.95 Å². The van der Waals surface area contributed by atoms with Crippen LogP contribution in [0.25, 0.3) is 0 Å². The van der Waals surface area contributed by atoms with Gasteiger partial charge in [0.25, 0.3) is 0 Å². The maximum atomic E-state index is 10.6. The van der Waals surface area contributed by atoms with Crippen molar-refractivity contribution in [1.29, 1.82) is 0 Å². The minimum absolute atomic E-state index is 0.0411. The molecule has 26 heavy (non-hydrogen) atoms. The van der Waals surface area contributed by atoms with Crippen molar-refractivity contribution < 1.29 is 39.6 Å². The van der Waals surface area contributed by atoms with Gasteiger partial charge in [0.2, 0.25) is 0 Å². The predicted molar refractivity (Wildman–Crippen MR) is 96.1 cm³/mol. The molecular formula is C16H10Br2O8. The normalized spacial score (nSPS) is 9.62. The average molecular weight is 490 g/mol. The molecule has 0 radical (unpaired) electrons. The van der Waals surface area contributed by atoms with Gasteiger partial charge in [-0.25, -0.2) is 19.2 Å². The number of carboxylic acid groups (broad SMARTS) is 4. The van der Waals surface area contributed by atoms with Crippen molar-refractivity contribution in [2.75, 3.05) is 0 Å². The predicted octanol–water partition coefficient (Wildman–Crippen LogP) is 3.69. The van der Waals surface area contributed by atoms with Gasteiger partial charge in [-0.1, -0.05) is 0 Å². The van der Waals surface area contributed by atoms with E-state index in [0.717, 1.165) is 12.1 Å². The molecule has 0 atom stereocenters. The second-order valence-electron chi connectivity index (χ2n) is 4.61. The number of aromatic carboxylic acids is 4. The van der Waals surface area contributed by atoms with Crippen LogP contribution in [0, 0.1) is 0 Å². The quantitative estimate of drug-likeness (QED) is 0.507. The van der Waals surface area contributed by atoms with Crippen molar-refractivity contribution in [3.63, 3.8) is 0 Å². The zero-order chi connectivity index (χ0) is 20.0. The minimum Gasteiger partial charge on any atom is -0.478 e. The Balaban J connectivity index is 0.000000260. The lowest BCUT2D eigenvalue weighted by atomic mass is 10.1. The van der Waals surface area contributed by atoms with Gasteiger partial charge in [-0.2, -0.15) is 0 Å². The lowest BCUT2D eigenvalue weighted by Gasteiger charge is -1.99. The number of halogens is 2. The summed E-state index contributed by atoms with van der Waals surface area (Å²) in [6.45, 7) is 0. The van der Waals surface area contributed by atoms with E-state index in [4.69, 9.17) is 20.4 Å². The van der Waals surface area contributed by atoms with E-state index < -0.39 is 23.9 Å². The molecule has 8 nitrogen and oxygen atoms in total. The smallest absolute Gasteiger partial charge is 0.336 e. The number of rotatable bonds is 4. The van der Waals surface area contributed by atoms with Crippen molar-refractivity contribution in [3.05, 3.63) is 67.6 Å². The molecular weight excluding hydrogens is 480 g/mol. The first kappa shape index (κ1) is 21.3. The van der Waals surface area contributed by atoms with Gasteiger partial charge in [-0.05, 0) is 68.3 Å². The second kappa shape index (κ2) is 9.11. The van der Waals surface area contributed by atoms with Crippen LogP contribution >= 0.6 is 31.9 Å². The first-order valence-electron chi connectivity index (χ1n) is 6.56. The number of carboxylic acids is 4. The molecule has 0 fully saturated rings. The fraction of sp³-hybridized carbons (Fsp3) is 0. The summed E-state index contributed by atoms with van der Waals surface area (Å²) in [6, 6.07) is 7.67. The number of hydrogen-bond donors (Lipinski definition) is 4. The highest BCUT2D eigenvalue weighted by Gasteiger charge is 2.12. The van der Waals surface area contributed by atoms with E-state index in [2.05, 4.69) is 31.9 Å². The van der Waals surface area contributed by atoms with E-state index in [1.807, 2.05) is 0 Å². The maximum Gasteiger partial charge on any atom is 0.336 e. The van der Waals surface area contributed by atoms with Crippen LogP contribution in [0.5, 0.6) is 0 Å². The first-order chi connectivity index (χ1) is 12.0. The van der Waals surface area contributed by atoms with Crippen molar-refractivity contribution in [3.8, 4) is 0 Å². The summed E-state index contributed by atoms with van der Waals surface area (Å²) in [6.07, 6.45) is 0. The Hall–Kier alpha value is -2.72. The molecule has 2 aromatic carbocycles. The van der Waals surface area contributed by atoms with Gasteiger partial charge in [-0.3, -0.25) is 0 Å². The van der Waals surface area contributed by atoms with Crippen LogP contribution in [-0.4, -0.2) is 44.3 Å². The van der Waals surface area contributed by atoms with Gasteiger partial charge < -0.3 is 20.4 Å². The van der Waals surface area contributed by atoms with Crippen LogP contribution in [0.1, 0.15) is 41.4 Å². The lowest BCUT2D eigenvalue weighted by Crippen LogP contribution is -2.02. The molecule has 0 aromatic heterocycles. The summed E-state index contributed by atoms with van der Waals surface area (Å²) in [5, 5.41) is 34.4. The Bertz CT molecular complexity index is 818. The van der Waals surface area contributed by atoms with Crippen molar-refractivity contribution >= 4 is 55.7 Å². The van der Waals surface area contributed by atoms with Crippen molar-refractivity contribution in [2.45, 2.75) is 0 Å². The van der Waals surface area contributed by atoms with Gasteiger partial charge in [0.15, 0.2) is 0 Å². The van der Waals surface area contributed by atoms with E-state index in [-0.39, 0.29) is 22.3 Å². The van der Waals surface area contributed by atoms with Crippen LogP contribution in [0.2, 0.25) is 0 Å². The standard InChI is InChI=1S/2C8H5BrO4/c2*9-6-2-1-4(7(10)11)3-5(6)8(12)13/h2*1-3H,(H,10,11)(H,12,13). The topological polar surface area (TPSA) is 149 Å². The van der Waals surface area contributed by atoms with Crippen molar-refractivity contribution in [2.24, 2.45) is 0 Å². The molecule has 0 saturated heterocycles. The molecule has 0 unspecified atom stereocenters. The fourth-order valence-electron chi connectivity index (χ4n) is 1.64. The molecule has 0 aliphatic heterocycles. The van der Waals surface area contributed by atoms with E-state index in [1.54, 1.807) is 0 Å². The SMILES string of the molecule is O=C(O)c1ccc(Br)c(C(=O)O)c1.O=C(O)c1ccc(Br)c(C(=O)O)c1. The molecule has 4 N–H and O–H groups in total. The lowest BCUT2D eigenvalue weighted by molar-refractivity contribution is 0.0675.